The van der Waals surface area contributed by atoms with Crippen molar-refractivity contribution in [3.8, 4) is 0 Å². The fraction of sp³-hybridized carbons (Fsp3) is 0.692. The average Bonchev–Trinajstić information content (AvgIpc) is 3.28. The molecule has 2 aliphatic heterocycles. The van der Waals surface area contributed by atoms with Gasteiger partial charge in [0, 0.05) is 38.4 Å². The Balaban J connectivity index is 1.54. The highest BCUT2D eigenvalue weighted by Crippen LogP contribution is 2.48. The van der Waals surface area contributed by atoms with Crippen LogP contribution in [0.4, 0.5) is 13.2 Å². The van der Waals surface area contributed by atoms with Crippen LogP contribution in [0.1, 0.15) is 62.6 Å². The number of hydrogen-bond donors (Lipinski definition) is 1. The molecule has 4 rings (SSSR count). The largest absolute Gasteiger partial charge is 0.480 e. The molecule has 1 aliphatic carbocycles. The van der Waals surface area contributed by atoms with Gasteiger partial charge in [-0.1, -0.05) is 19.9 Å². The molecule has 1 aromatic carbocycles. The Morgan fingerprint density at radius 3 is 2.51 bits per heavy atom. The molecule has 6 nitrogen and oxygen atoms in total. The van der Waals surface area contributed by atoms with Crippen LogP contribution in [0.3, 0.4) is 0 Å². The molecule has 2 fully saturated rings. The van der Waals surface area contributed by atoms with Crippen molar-refractivity contribution in [1.29, 1.82) is 0 Å². The zero-order valence-electron chi connectivity index (χ0n) is 20.4. The molecule has 1 saturated carbocycles. The molecule has 0 unspecified atom stereocenters. The first-order chi connectivity index (χ1) is 16.5. The van der Waals surface area contributed by atoms with E-state index in [2.05, 4.69) is 4.90 Å². The Kier molecular flexibility index (Phi) is 7.48. The van der Waals surface area contributed by atoms with Gasteiger partial charge in [-0.15, -0.1) is 0 Å². The molecule has 0 radical (unpaired) electrons. The van der Waals surface area contributed by atoms with Gasteiger partial charge in [0.2, 0.25) is 5.91 Å². The van der Waals surface area contributed by atoms with Crippen molar-refractivity contribution in [2.24, 2.45) is 11.3 Å². The Bertz CT molecular complexity index is 945. The first-order valence-corrected chi connectivity index (χ1v) is 12.5. The lowest BCUT2D eigenvalue weighted by Gasteiger charge is -2.41. The molecule has 0 aromatic heterocycles. The highest BCUT2D eigenvalue weighted by atomic mass is 19.4. The summed E-state index contributed by atoms with van der Waals surface area (Å²) in [6.07, 6.45) is -0.384. The molecule has 0 spiro atoms. The number of carbonyl (C=O) groups excluding carboxylic acids is 1. The minimum atomic E-state index is -4.42. The van der Waals surface area contributed by atoms with Crippen LogP contribution in [0.15, 0.2) is 18.2 Å². The normalized spacial score (nSPS) is 25.8. The number of alkyl halides is 3. The van der Waals surface area contributed by atoms with Crippen LogP contribution in [-0.4, -0.2) is 65.2 Å². The maximum absolute atomic E-state index is 14.0. The number of benzene rings is 1. The van der Waals surface area contributed by atoms with Crippen LogP contribution in [0.25, 0.3) is 0 Å². The molecule has 9 heteroatoms. The topological polar surface area (TPSA) is 70.1 Å². The summed E-state index contributed by atoms with van der Waals surface area (Å²) in [5.74, 6) is -0.859. The van der Waals surface area contributed by atoms with E-state index in [1.807, 2.05) is 13.8 Å². The van der Waals surface area contributed by atoms with E-state index in [9.17, 15) is 27.9 Å². The SMILES string of the molecule is CC(C)[C@]1(C(=O)N2CCc3ccc(C(F)(F)F)cc3C2)CC[C@@H](N(CC(=O)O)C2CCOCC2)C1. The predicted octanol–water partition coefficient (Wildman–Crippen LogP) is 4.35. The summed E-state index contributed by atoms with van der Waals surface area (Å²) < 4.78 is 45.2. The fourth-order valence-corrected chi connectivity index (χ4v) is 6.25. The second-order valence-corrected chi connectivity index (χ2v) is 10.6. The van der Waals surface area contributed by atoms with Crippen LogP contribution in [0, 0.1) is 11.3 Å². The monoisotopic (exact) mass is 496 g/mol. The van der Waals surface area contributed by atoms with Gasteiger partial charge < -0.3 is 14.7 Å². The Morgan fingerprint density at radius 2 is 1.89 bits per heavy atom. The zero-order chi connectivity index (χ0) is 25.4. The smallest absolute Gasteiger partial charge is 0.416 e. The average molecular weight is 497 g/mol. The third-order valence-electron chi connectivity index (χ3n) is 8.33. The van der Waals surface area contributed by atoms with E-state index in [0.29, 0.717) is 44.6 Å². The van der Waals surface area contributed by atoms with Crippen LogP contribution in [0.5, 0.6) is 0 Å². The number of halogens is 3. The van der Waals surface area contributed by atoms with Gasteiger partial charge in [-0.25, -0.2) is 0 Å². The summed E-state index contributed by atoms with van der Waals surface area (Å²) in [4.78, 5) is 29.4. The Labute approximate surface area is 204 Å². The number of carbonyl (C=O) groups is 2. The van der Waals surface area contributed by atoms with Gasteiger partial charge in [-0.05, 0) is 67.7 Å². The molecule has 1 N–H and O–H groups in total. The Hall–Kier alpha value is -2.13. The van der Waals surface area contributed by atoms with Crippen molar-refractivity contribution in [3.63, 3.8) is 0 Å². The lowest BCUT2D eigenvalue weighted by molar-refractivity contribution is -0.146. The van der Waals surface area contributed by atoms with Crippen molar-refractivity contribution in [3.05, 3.63) is 34.9 Å². The highest BCUT2D eigenvalue weighted by molar-refractivity contribution is 5.84. The minimum absolute atomic E-state index is 0.0136. The first kappa shape index (κ1) is 25.9. The highest BCUT2D eigenvalue weighted by Gasteiger charge is 2.51. The zero-order valence-corrected chi connectivity index (χ0v) is 20.4. The number of nitrogens with zero attached hydrogens (tertiary/aromatic N) is 2. The number of ether oxygens (including phenoxy) is 1. The van der Waals surface area contributed by atoms with Gasteiger partial charge in [0.1, 0.15) is 0 Å². The molecule has 2 heterocycles. The standard InChI is InChI=1S/C26H35F3N2O4/c1-17(2)25(9-5-22(14-25)31(16-23(32)33)21-7-11-35-12-8-21)24(34)30-10-6-18-3-4-20(26(27,28)29)13-19(18)15-30/h3-4,13,17,21-22H,5-12,14-16H2,1-2H3,(H,32,33)/t22-,25+/m1/s1. The number of rotatable bonds is 6. The van der Waals surface area contributed by atoms with Crippen molar-refractivity contribution < 1.29 is 32.6 Å². The van der Waals surface area contributed by atoms with E-state index in [4.69, 9.17) is 4.74 Å². The number of hydrogen-bond acceptors (Lipinski definition) is 4. The number of amides is 1. The fourth-order valence-electron chi connectivity index (χ4n) is 6.25. The second-order valence-electron chi connectivity index (χ2n) is 10.6. The van der Waals surface area contributed by atoms with E-state index in [1.54, 1.807) is 4.90 Å². The third-order valence-corrected chi connectivity index (χ3v) is 8.33. The van der Waals surface area contributed by atoms with E-state index < -0.39 is 23.1 Å². The molecule has 1 amide bonds. The third kappa shape index (κ3) is 5.35. The second kappa shape index (κ2) is 10.1. The molecule has 3 aliphatic rings. The lowest BCUT2D eigenvalue weighted by atomic mass is 9.73. The van der Waals surface area contributed by atoms with Gasteiger partial charge in [-0.2, -0.15) is 13.2 Å². The minimum Gasteiger partial charge on any atom is -0.480 e. The summed E-state index contributed by atoms with van der Waals surface area (Å²) >= 11 is 0. The quantitative estimate of drug-likeness (QED) is 0.634. The summed E-state index contributed by atoms with van der Waals surface area (Å²) in [5, 5.41) is 9.57. The number of carboxylic acid groups (broad SMARTS) is 1. The maximum atomic E-state index is 14.0. The molecular formula is C26H35F3N2O4. The van der Waals surface area contributed by atoms with E-state index in [1.165, 1.54) is 12.1 Å². The van der Waals surface area contributed by atoms with Gasteiger partial charge in [0.05, 0.1) is 17.5 Å². The van der Waals surface area contributed by atoms with E-state index >= 15 is 0 Å². The van der Waals surface area contributed by atoms with Crippen molar-refractivity contribution in [2.45, 2.75) is 77.2 Å². The summed E-state index contributed by atoms with van der Waals surface area (Å²) in [5.41, 5.74) is 0.0802. The predicted molar refractivity (Wildman–Crippen MR) is 124 cm³/mol. The van der Waals surface area contributed by atoms with E-state index in [0.717, 1.165) is 30.9 Å². The van der Waals surface area contributed by atoms with Crippen LogP contribution in [0.2, 0.25) is 0 Å². The van der Waals surface area contributed by atoms with Crippen molar-refractivity contribution >= 4 is 11.9 Å². The van der Waals surface area contributed by atoms with Gasteiger partial charge in [-0.3, -0.25) is 14.5 Å². The van der Waals surface area contributed by atoms with Crippen LogP contribution >= 0.6 is 0 Å². The number of carboxylic acids is 1. The lowest BCUT2D eigenvalue weighted by Crippen LogP contribution is -2.50. The summed E-state index contributed by atoms with van der Waals surface area (Å²) in [7, 11) is 0. The van der Waals surface area contributed by atoms with Crippen LogP contribution < -0.4 is 0 Å². The van der Waals surface area contributed by atoms with Crippen molar-refractivity contribution in [1.82, 2.24) is 9.80 Å². The Morgan fingerprint density at radius 1 is 1.17 bits per heavy atom. The molecule has 35 heavy (non-hydrogen) atoms. The first-order valence-electron chi connectivity index (χ1n) is 12.5. The summed E-state index contributed by atoms with van der Waals surface area (Å²) in [6, 6.07) is 3.91. The summed E-state index contributed by atoms with van der Waals surface area (Å²) in [6.45, 7) is 5.86. The van der Waals surface area contributed by atoms with Crippen molar-refractivity contribution in [2.75, 3.05) is 26.3 Å². The maximum Gasteiger partial charge on any atom is 0.416 e. The van der Waals surface area contributed by atoms with Gasteiger partial charge in [0.25, 0.3) is 0 Å². The van der Waals surface area contributed by atoms with Gasteiger partial charge in [0.15, 0.2) is 0 Å². The number of aliphatic carboxylic acids is 1. The van der Waals surface area contributed by atoms with Gasteiger partial charge >= 0.3 is 12.1 Å². The molecule has 194 valence electrons. The molecule has 0 bridgehead atoms. The van der Waals surface area contributed by atoms with E-state index in [-0.39, 0.29) is 37.0 Å². The molecule has 1 aromatic rings. The molecular weight excluding hydrogens is 461 g/mol. The molecule has 1 saturated heterocycles. The molecule has 2 atom stereocenters. The number of fused-ring (bicyclic) bond motifs is 1. The van der Waals surface area contributed by atoms with Crippen LogP contribution in [-0.2, 0) is 33.5 Å².